The Morgan fingerprint density at radius 3 is 1.13 bits per heavy atom. The molecule has 0 saturated heterocycles. The van der Waals surface area contributed by atoms with Crippen LogP contribution in [0.3, 0.4) is 0 Å². The normalized spacial score (nSPS) is 14.3. The van der Waals surface area contributed by atoms with E-state index in [0.717, 1.165) is 0 Å². The maximum atomic E-state index is 2.53. The van der Waals surface area contributed by atoms with Crippen molar-refractivity contribution in [3.8, 4) is 0 Å². The van der Waals surface area contributed by atoms with Crippen molar-refractivity contribution in [1.29, 1.82) is 0 Å². The summed E-state index contributed by atoms with van der Waals surface area (Å²) in [5.41, 5.74) is 2.00. The average Bonchev–Trinajstić information content (AvgIpc) is 2.63. The summed E-state index contributed by atoms with van der Waals surface area (Å²) in [6, 6.07) is 0. The number of hydrogen-bond acceptors (Lipinski definition) is 0. The highest BCUT2D eigenvalue weighted by molar-refractivity contribution is 4.91. The van der Waals surface area contributed by atoms with Gasteiger partial charge in [-0.05, 0) is 59.2 Å². The lowest BCUT2D eigenvalue weighted by Gasteiger charge is -2.47. The van der Waals surface area contributed by atoms with Gasteiger partial charge in [0.05, 0.1) is 0 Å². The highest BCUT2D eigenvalue weighted by atomic mass is 14.5. The van der Waals surface area contributed by atoms with E-state index in [1.807, 2.05) is 0 Å². The number of hydrogen-bond donors (Lipinski definition) is 0. The van der Waals surface area contributed by atoms with E-state index in [9.17, 15) is 0 Å². The van der Waals surface area contributed by atoms with Crippen molar-refractivity contribution in [3.05, 3.63) is 0 Å². The van der Waals surface area contributed by atoms with Crippen molar-refractivity contribution in [3.63, 3.8) is 0 Å². The zero-order chi connectivity index (χ0) is 24.4. The monoisotopic (exact) mass is 437 g/mol. The van der Waals surface area contributed by atoms with Crippen LogP contribution in [-0.4, -0.2) is 0 Å². The number of rotatable bonds is 17. The fraction of sp³-hybridized carbons (Fsp3) is 1.00. The Bertz CT molecular complexity index is 455. The van der Waals surface area contributed by atoms with E-state index in [-0.39, 0.29) is 0 Å². The minimum Gasteiger partial charge on any atom is -0.0654 e. The summed E-state index contributed by atoms with van der Waals surface area (Å²) < 4.78 is 0. The van der Waals surface area contributed by atoms with Crippen LogP contribution in [0, 0.1) is 27.1 Å². The Labute approximate surface area is 200 Å². The molecule has 0 aromatic heterocycles. The molecular formula is C31H64. The summed E-state index contributed by atoms with van der Waals surface area (Å²) >= 11 is 0. The van der Waals surface area contributed by atoms with Gasteiger partial charge in [-0.1, -0.05) is 141 Å². The SMILES string of the molecule is CCCCCCCCCCCC(C)(C)CCC(C)(C)C(C)(C)CCC(C)(C)C(C)(C)C. The summed E-state index contributed by atoms with van der Waals surface area (Å²) in [4.78, 5) is 0. The first-order valence-corrected chi connectivity index (χ1v) is 14.0. The summed E-state index contributed by atoms with van der Waals surface area (Å²) in [6.07, 6.45) is 19.7. The molecule has 0 rings (SSSR count). The summed E-state index contributed by atoms with van der Waals surface area (Å²) in [5, 5.41) is 0. The smallest absolute Gasteiger partial charge is 0.0303 e. The summed E-state index contributed by atoms with van der Waals surface area (Å²) in [6.45, 7) is 29.6. The van der Waals surface area contributed by atoms with Crippen LogP contribution in [-0.2, 0) is 0 Å². The molecule has 0 heterocycles. The first-order valence-electron chi connectivity index (χ1n) is 14.0. The molecule has 0 N–H and O–H groups in total. The van der Waals surface area contributed by atoms with Crippen molar-refractivity contribution in [2.75, 3.05) is 0 Å². The minimum absolute atomic E-state index is 0.366. The molecule has 0 fully saturated rings. The molecule has 188 valence electrons. The van der Waals surface area contributed by atoms with Gasteiger partial charge in [-0.2, -0.15) is 0 Å². The van der Waals surface area contributed by atoms with E-state index in [1.165, 1.54) is 89.9 Å². The van der Waals surface area contributed by atoms with E-state index in [1.54, 1.807) is 0 Å². The molecular weight excluding hydrogens is 372 g/mol. The third-order valence-corrected chi connectivity index (χ3v) is 9.62. The Morgan fingerprint density at radius 2 is 0.710 bits per heavy atom. The fourth-order valence-electron chi connectivity index (χ4n) is 4.37. The van der Waals surface area contributed by atoms with Crippen molar-refractivity contribution in [2.45, 2.75) is 173 Å². The van der Waals surface area contributed by atoms with Gasteiger partial charge in [0.15, 0.2) is 0 Å². The summed E-state index contributed by atoms with van der Waals surface area (Å²) in [5.74, 6) is 0. The molecule has 0 bridgehead atoms. The highest BCUT2D eigenvalue weighted by Crippen LogP contribution is 2.51. The molecule has 0 aliphatic rings. The van der Waals surface area contributed by atoms with Crippen molar-refractivity contribution < 1.29 is 0 Å². The third kappa shape index (κ3) is 12.1. The van der Waals surface area contributed by atoms with Gasteiger partial charge in [-0.3, -0.25) is 0 Å². The molecule has 0 aromatic rings. The Kier molecular flexibility index (Phi) is 13.0. The average molecular weight is 437 g/mol. The Hall–Kier alpha value is 0. The minimum atomic E-state index is 0.366. The molecule has 0 aliphatic heterocycles. The van der Waals surface area contributed by atoms with E-state index >= 15 is 0 Å². The molecule has 0 heteroatoms. The Balaban J connectivity index is 4.37. The molecule has 0 spiro atoms. The van der Waals surface area contributed by atoms with Crippen molar-refractivity contribution in [2.24, 2.45) is 27.1 Å². The quantitative estimate of drug-likeness (QED) is 0.199. The van der Waals surface area contributed by atoms with Crippen LogP contribution in [0.1, 0.15) is 173 Å². The Morgan fingerprint density at radius 1 is 0.355 bits per heavy atom. The van der Waals surface area contributed by atoms with Gasteiger partial charge >= 0.3 is 0 Å². The van der Waals surface area contributed by atoms with Crippen molar-refractivity contribution in [1.82, 2.24) is 0 Å². The molecule has 0 aromatic carbocycles. The van der Waals surface area contributed by atoms with Gasteiger partial charge in [0, 0.05) is 0 Å². The first kappa shape index (κ1) is 31.0. The lowest BCUT2D eigenvalue weighted by atomic mass is 9.58. The molecule has 0 unspecified atom stereocenters. The maximum absolute atomic E-state index is 2.53. The van der Waals surface area contributed by atoms with E-state index in [0.29, 0.717) is 27.1 Å². The lowest BCUT2D eigenvalue weighted by molar-refractivity contribution is 0.0343. The zero-order valence-electron chi connectivity index (χ0n) is 24.4. The van der Waals surface area contributed by atoms with Crippen LogP contribution in [0.25, 0.3) is 0 Å². The maximum Gasteiger partial charge on any atom is -0.0303 e. The molecule has 0 nitrogen and oxygen atoms in total. The van der Waals surface area contributed by atoms with Gasteiger partial charge in [0.25, 0.3) is 0 Å². The standard InChI is InChI=1S/C31H64/c1-13-14-15-16-17-18-19-20-21-22-28(5,6)23-24-30(9,10)31(11,12)26-25-29(7,8)27(2,3)4/h13-26H2,1-12H3. The van der Waals surface area contributed by atoms with Crippen LogP contribution >= 0.6 is 0 Å². The van der Waals surface area contributed by atoms with Gasteiger partial charge in [0.2, 0.25) is 0 Å². The number of unbranched alkanes of at least 4 members (excludes halogenated alkanes) is 8. The van der Waals surface area contributed by atoms with Crippen LogP contribution in [0.2, 0.25) is 0 Å². The topological polar surface area (TPSA) is 0 Å². The van der Waals surface area contributed by atoms with Crippen LogP contribution in [0.15, 0.2) is 0 Å². The van der Waals surface area contributed by atoms with Gasteiger partial charge in [-0.15, -0.1) is 0 Å². The first-order chi connectivity index (χ1) is 14.0. The second kappa shape index (κ2) is 13.0. The van der Waals surface area contributed by atoms with Gasteiger partial charge in [0.1, 0.15) is 0 Å². The molecule has 0 atom stereocenters. The fourth-order valence-corrected chi connectivity index (χ4v) is 4.37. The van der Waals surface area contributed by atoms with E-state index in [4.69, 9.17) is 0 Å². The predicted molar refractivity (Wildman–Crippen MR) is 145 cm³/mol. The van der Waals surface area contributed by atoms with Crippen molar-refractivity contribution >= 4 is 0 Å². The van der Waals surface area contributed by atoms with Gasteiger partial charge < -0.3 is 0 Å². The molecule has 0 radical (unpaired) electrons. The third-order valence-electron chi connectivity index (χ3n) is 9.62. The predicted octanol–water partition coefficient (Wildman–Crippen LogP) is 11.6. The van der Waals surface area contributed by atoms with Crippen LogP contribution in [0.5, 0.6) is 0 Å². The zero-order valence-corrected chi connectivity index (χ0v) is 24.4. The van der Waals surface area contributed by atoms with Crippen LogP contribution in [0.4, 0.5) is 0 Å². The van der Waals surface area contributed by atoms with Gasteiger partial charge in [-0.25, -0.2) is 0 Å². The molecule has 31 heavy (non-hydrogen) atoms. The van der Waals surface area contributed by atoms with Crippen LogP contribution < -0.4 is 0 Å². The van der Waals surface area contributed by atoms with E-state index in [2.05, 4.69) is 83.1 Å². The summed E-state index contributed by atoms with van der Waals surface area (Å²) in [7, 11) is 0. The second-order valence-corrected chi connectivity index (χ2v) is 14.6. The highest BCUT2D eigenvalue weighted by Gasteiger charge is 2.40. The largest absolute Gasteiger partial charge is 0.0654 e. The second-order valence-electron chi connectivity index (χ2n) is 14.6. The van der Waals surface area contributed by atoms with E-state index < -0.39 is 0 Å². The molecule has 0 aliphatic carbocycles. The lowest BCUT2D eigenvalue weighted by Crippen LogP contribution is -2.37. The molecule has 0 saturated carbocycles. The molecule has 0 amide bonds.